The highest BCUT2D eigenvalue weighted by atomic mass is 16.5. The summed E-state index contributed by atoms with van der Waals surface area (Å²) in [4.78, 5) is 2.52. The second-order valence-electron chi connectivity index (χ2n) is 4.77. The molecule has 0 radical (unpaired) electrons. The minimum absolute atomic E-state index is 0.431. The van der Waals surface area contributed by atoms with Crippen LogP contribution in [-0.4, -0.2) is 50.3 Å². The summed E-state index contributed by atoms with van der Waals surface area (Å²) in [6.45, 7) is 13.2. The van der Waals surface area contributed by atoms with E-state index in [2.05, 4.69) is 31.0 Å². The lowest BCUT2D eigenvalue weighted by Crippen LogP contribution is -2.41. The van der Waals surface area contributed by atoms with E-state index in [0.717, 1.165) is 38.6 Å². The van der Waals surface area contributed by atoms with Crippen LogP contribution in [0.4, 0.5) is 0 Å². The Balaban J connectivity index is 2.14. The van der Waals surface area contributed by atoms with Gasteiger partial charge < -0.3 is 15.0 Å². The molecular formula is C12H26N2O. The molecule has 1 N–H and O–H groups in total. The highest BCUT2D eigenvalue weighted by molar-refractivity contribution is 4.69. The first-order valence-corrected chi connectivity index (χ1v) is 6.27. The molecule has 1 saturated heterocycles. The molecule has 3 nitrogen and oxygen atoms in total. The number of nitrogens with zero attached hydrogens (tertiary/aromatic N) is 1. The fourth-order valence-electron chi connectivity index (χ4n) is 2.03. The standard InChI is InChI=1S/C12H26N2O/c1-4-14(10-11(2)3)7-5-12-9-13-6-8-15-12/h11-13H,4-10H2,1-3H3. The molecular weight excluding hydrogens is 188 g/mol. The summed E-state index contributed by atoms with van der Waals surface area (Å²) in [5.74, 6) is 0.760. The summed E-state index contributed by atoms with van der Waals surface area (Å²) in [6, 6.07) is 0. The largest absolute Gasteiger partial charge is 0.376 e. The van der Waals surface area contributed by atoms with E-state index in [-0.39, 0.29) is 0 Å². The topological polar surface area (TPSA) is 24.5 Å². The second-order valence-corrected chi connectivity index (χ2v) is 4.77. The summed E-state index contributed by atoms with van der Waals surface area (Å²) in [7, 11) is 0. The molecule has 1 rings (SSSR count). The van der Waals surface area contributed by atoms with Crippen LogP contribution in [0.25, 0.3) is 0 Å². The van der Waals surface area contributed by atoms with Gasteiger partial charge in [0.15, 0.2) is 0 Å². The maximum absolute atomic E-state index is 5.69. The zero-order chi connectivity index (χ0) is 11.1. The van der Waals surface area contributed by atoms with E-state index in [9.17, 15) is 0 Å². The number of rotatable bonds is 6. The fourth-order valence-corrected chi connectivity index (χ4v) is 2.03. The van der Waals surface area contributed by atoms with Crippen molar-refractivity contribution in [2.75, 3.05) is 39.3 Å². The summed E-state index contributed by atoms with van der Waals surface area (Å²) < 4.78 is 5.69. The predicted molar refractivity (Wildman–Crippen MR) is 64.2 cm³/mol. The van der Waals surface area contributed by atoms with E-state index in [1.165, 1.54) is 13.1 Å². The Kier molecular flexibility index (Phi) is 6.22. The van der Waals surface area contributed by atoms with Gasteiger partial charge in [0.05, 0.1) is 12.7 Å². The van der Waals surface area contributed by atoms with E-state index in [1.807, 2.05) is 0 Å². The lowest BCUT2D eigenvalue weighted by Gasteiger charge is -2.28. The van der Waals surface area contributed by atoms with Crippen LogP contribution >= 0.6 is 0 Å². The molecule has 0 amide bonds. The van der Waals surface area contributed by atoms with Crippen molar-refractivity contribution in [3.8, 4) is 0 Å². The second kappa shape index (κ2) is 7.20. The van der Waals surface area contributed by atoms with Gasteiger partial charge in [-0.25, -0.2) is 0 Å². The molecule has 0 bridgehead atoms. The molecule has 0 aliphatic carbocycles. The average molecular weight is 214 g/mol. The first-order chi connectivity index (χ1) is 7.22. The highest BCUT2D eigenvalue weighted by Crippen LogP contribution is 2.05. The monoisotopic (exact) mass is 214 g/mol. The quantitative estimate of drug-likeness (QED) is 0.722. The molecule has 1 atom stereocenters. The van der Waals surface area contributed by atoms with Gasteiger partial charge in [-0.15, -0.1) is 0 Å². The third-order valence-electron chi connectivity index (χ3n) is 2.84. The maximum atomic E-state index is 5.69. The fraction of sp³-hybridized carbons (Fsp3) is 1.00. The molecule has 15 heavy (non-hydrogen) atoms. The molecule has 0 saturated carbocycles. The third-order valence-corrected chi connectivity index (χ3v) is 2.84. The summed E-state index contributed by atoms with van der Waals surface area (Å²) in [5, 5.41) is 3.37. The van der Waals surface area contributed by atoms with E-state index >= 15 is 0 Å². The van der Waals surface area contributed by atoms with Crippen LogP contribution in [0, 0.1) is 5.92 Å². The maximum Gasteiger partial charge on any atom is 0.0712 e. The van der Waals surface area contributed by atoms with Gasteiger partial charge >= 0.3 is 0 Å². The van der Waals surface area contributed by atoms with Crippen molar-refractivity contribution in [2.45, 2.75) is 33.3 Å². The van der Waals surface area contributed by atoms with Crippen LogP contribution in [0.2, 0.25) is 0 Å². The molecule has 1 heterocycles. The molecule has 0 aromatic carbocycles. The Labute approximate surface area is 94.2 Å². The van der Waals surface area contributed by atoms with Gasteiger partial charge in [-0.1, -0.05) is 20.8 Å². The highest BCUT2D eigenvalue weighted by Gasteiger charge is 2.14. The smallest absolute Gasteiger partial charge is 0.0712 e. The minimum atomic E-state index is 0.431. The zero-order valence-corrected chi connectivity index (χ0v) is 10.5. The summed E-state index contributed by atoms with van der Waals surface area (Å²) >= 11 is 0. The SMILES string of the molecule is CCN(CCC1CNCCO1)CC(C)C. The van der Waals surface area contributed by atoms with Gasteiger partial charge in [-0.05, 0) is 18.9 Å². The van der Waals surface area contributed by atoms with Crippen LogP contribution < -0.4 is 5.32 Å². The molecule has 0 aromatic heterocycles. The van der Waals surface area contributed by atoms with E-state index in [1.54, 1.807) is 0 Å². The first kappa shape index (κ1) is 12.9. The van der Waals surface area contributed by atoms with Gasteiger partial charge in [-0.3, -0.25) is 0 Å². The molecule has 90 valence electrons. The Hall–Kier alpha value is -0.120. The molecule has 1 aliphatic heterocycles. The van der Waals surface area contributed by atoms with Crippen LogP contribution in [0.1, 0.15) is 27.2 Å². The number of hydrogen-bond acceptors (Lipinski definition) is 3. The lowest BCUT2D eigenvalue weighted by atomic mass is 10.1. The van der Waals surface area contributed by atoms with E-state index in [0.29, 0.717) is 6.10 Å². The molecule has 0 aromatic rings. The van der Waals surface area contributed by atoms with Crippen LogP contribution in [-0.2, 0) is 4.74 Å². The number of nitrogens with one attached hydrogen (secondary N) is 1. The van der Waals surface area contributed by atoms with Crippen molar-refractivity contribution in [3.63, 3.8) is 0 Å². The van der Waals surface area contributed by atoms with Gasteiger partial charge in [0.25, 0.3) is 0 Å². The Morgan fingerprint density at radius 2 is 2.27 bits per heavy atom. The van der Waals surface area contributed by atoms with Crippen molar-refractivity contribution < 1.29 is 4.74 Å². The van der Waals surface area contributed by atoms with Crippen molar-refractivity contribution >= 4 is 0 Å². The van der Waals surface area contributed by atoms with Crippen molar-refractivity contribution in [1.29, 1.82) is 0 Å². The number of ether oxygens (including phenoxy) is 1. The Morgan fingerprint density at radius 1 is 1.47 bits per heavy atom. The van der Waals surface area contributed by atoms with E-state index < -0.39 is 0 Å². The van der Waals surface area contributed by atoms with Crippen molar-refractivity contribution in [3.05, 3.63) is 0 Å². The first-order valence-electron chi connectivity index (χ1n) is 6.27. The zero-order valence-electron chi connectivity index (χ0n) is 10.5. The normalized spacial score (nSPS) is 22.6. The Morgan fingerprint density at radius 3 is 2.80 bits per heavy atom. The van der Waals surface area contributed by atoms with Crippen LogP contribution in [0.5, 0.6) is 0 Å². The number of hydrogen-bond donors (Lipinski definition) is 1. The van der Waals surface area contributed by atoms with Crippen LogP contribution in [0.15, 0.2) is 0 Å². The molecule has 1 unspecified atom stereocenters. The number of morpholine rings is 1. The van der Waals surface area contributed by atoms with Crippen molar-refractivity contribution in [1.82, 2.24) is 10.2 Å². The summed E-state index contributed by atoms with van der Waals surface area (Å²) in [5.41, 5.74) is 0. The third kappa shape index (κ3) is 5.50. The van der Waals surface area contributed by atoms with Crippen LogP contribution in [0.3, 0.4) is 0 Å². The molecule has 1 fully saturated rings. The summed E-state index contributed by atoms with van der Waals surface area (Å²) in [6.07, 6.45) is 1.59. The minimum Gasteiger partial charge on any atom is -0.376 e. The van der Waals surface area contributed by atoms with Gasteiger partial charge in [0, 0.05) is 26.2 Å². The lowest BCUT2D eigenvalue weighted by molar-refractivity contribution is 0.0170. The Bertz CT molecular complexity index is 156. The predicted octanol–water partition coefficient (Wildman–Crippen LogP) is 1.34. The molecule has 3 heteroatoms. The van der Waals surface area contributed by atoms with E-state index in [4.69, 9.17) is 4.74 Å². The average Bonchev–Trinajstić information content (AvgIpc) is 2.25. The van der Waals surface area contributed by atoms with Gasteiger partial charge in [0.2, 0.25) is 0 Å². The van der Waals surface area contributed by atoms with Crippen molar-refractivity contribution in [2.24, 2.45) is 5.92 Å². The molecule has 1 aliphatic rings. The molecule has 0 spiro atoms. The van der Waals surface area contributed by atoms with Gasteiger partial charge in [0.1, 0.15) is 0 Å². The van der Waals surface area contributed by atoms with Gasteiger partial charge in [-0.2, -0.15) is 0 Å².